The predicted octanol–water partition coefficient (Wildman–Crippen LogP) is 1.97. The molecule has 3 rings (SSSR count). The van der Waals surface area contributed by atoms with Gasteiger partial charge in [-0.2, -0.15) is 0 Å². The Labute approximate surface area is 108 Å². The summed E-state index contributed by atoms with van der Waals surface area (Å²) in [6, 6.07) is 8.37. The van der Waals surface area contributed by atoms with Crippen LogP contribution in [0.5, 0.6) is 0 Å². The van der Waals surface area contributed by atoms with E-state index in [0.29, 0.717) is 5.91 Å². The molecule has 0 spiro atoms. The Morgan fingerprint density at radius 1 is 1.28 bits per heavy atom. The normalized spacial score (nSPS) is 23.6. The zero-order chi connectivity index (χ0) is 12.4. The van der Waals surface area contributed by atoms with Crippen molar-refractivity contribution < 1.29 is 4.79 Å². The summed E-state index contributed by atoms with van der Waals surface area (Å²) >= 11 is 0. The Balaban J connectivity index is 1.88. The van der Waals surface area contributed by atoms with Gasteiger partial charge in [-0.1, -0.05) is 18.2 Å². The molecule has 2 aliphatic heterocycles. The van der Waals surface area contributed by atoms with Crippen LogP contribution in [0.1, 0.15) is 24.8 Å². The number of rotatable bonds is 1. The second-order valence-electron chi connectivity index (χ2n) is 5.27. The van der Waals surface area contributed by atoms with E-state index in [-0.39, 0.29) is 5.92 Å². The van der Waals surface area contributed by atoms with E-state index in [1.165, 1.54) is 12.0 Å². The molecule has 2 heterocycles. The number of nitrogens with zero attached hydrogens (tertiary/aromatic N) is 1. The fourth-order valence-electron chi connectivity index (χ4n) is 3.01. The van der Waals surface area contributed by atoms with Gasteiger partial charge in [0, 0.05) is 18.8 Å². The summed E-state index contributed by atoms with van der Waals surface area (Å²) in [6.45, 7) is 2.70. The summed E-state index contributed by atoms with van der Waals surface area (Å²) in [5.41, 5.74) is 2.47. The average Bonchev–Trinajstić information content (AvgIpc) is 2.85. The van der Waals surface area contributed by atoms with Gasteiger partial charge in [0.25, 0.3) is 0 Å². The van der Waals surface area contributed by atoms with Gasteiger partial charge in [-0.05, 0) is 43.9 Å². The first-order valence-corrected chi connectivity index (χ1v) is 6.96. The van der Waals surface area contributed by atoms with Gasteiger partial charge in [0.1, 0.15) is 0 Å². The first-order chi connectivity index (χ1) is 8.86. The highest BCUT2D eigenvalue weighted by Gasteiger charge is 2.29. The van der Waals surface area contributed by atoms with Crippen LogP contribution in [-0.4, -0.2) is 25.5 Å². The standard InChI is InChI=1S/C15H20N2O/c18-15(13-8-9-16-11-13)17-10-4-3-6-12-5-1-2-7-14(12)17/h1-2,5,7,13,16H,3-4,6,8-11H2. The zero-order valence-electron chi connectivity index (χ0n) is 10.7. The molecule has 1 fully saturated rings. The van der Waals surface area contributed by atoms with E-state index in [4.69, 9.17) is 0 Å². The lowest BCUT2D eigenvalue weighted by atomic mass is 10.1. The van der Waals surface area contributed by atoms with Crippen LogP contribution >= 0.6 is 0 Å². The van der Waals surface area contributed by atoms with E-state index >= 15 is 0 Å². The number of carbonyl (C=O) groups excluding carboxylic acids is 1. The molecular formula is C15H20N2O. The number of hydrogen-bond donors (Lipinski definition) is 1. The van der Waals surface area contributed by atoms with Crippen molar-refractivity contribution >= 4 is 11.6 Å². The number of anilines is 1. The van der Waals surface area contributed by atoms with E-state index < -0.39 is 0 Å². The van der Waals surface area contributed by atoms with Crippen molar-refractivity contribution in [3.05, 3.63) is 29.8 Å². The molecule has 1 aromatic carbocycles. The molecule has 1 atom stereocenters. The van der Waals surface area contributed by atoms with E-state index in [2.05, 4.69) is 23.5 Å². The molecular weight excluding hydrogens is 224 g/mol. The van der Waals surface area contributed by atoms with Crippen LogP contribution < -0.4 is 10.2 Å². The van der Waals surface area contributed by atoms with Crippen LogP contribution in [0.3, 0.4) is 0 Å². The van der Waals surface area contributed by atoms with Gasteiger partial charge in [-0.3, -0.25) is 4.79 Å². The first kappa shape index (κ1) is 11.7. The number of fused-ring (bicyclic) bond motifs is 1. The number of benzene rings is 1. The van der Waals surface area contributed by atoms with Gasteiger partial charge in [0.2, 0.25) is 5.91 Å². The molecule has 0 aromatic heterocycles. The lowest BCUT2D eigenvalue weighted by molar-refractivity contribution is -0.121. The monoisotopic (exact) mass is 244 g/mol. The van der Waals surface area contributed by atoms with E-state index in [1.54, 1.807) is 0 Å². The summed E-state index contributed by atoms with van der Waals surface area (Å²) < 4.78 is 0. The molecule has 1 saturated heterocycles. The van der Waals surface area contributed by atoms with Crippen molar-refractivity contribution in [2.24, 2.45) is 5.92 Å². The van der Waals surface area contributed by atoms with Crippen LogP contribution in [0.4, 0.5) is 5.69 Å². The Morgan fingerprint density at radius 3 is 3.00 bits per heavy atom. The summed E-state index contributed by atoms with van der Waals surface area (Å²) in [7, 11) is 0. The smallest absolute Gasteiger partial charge is 0.231 e. The minimum absolute atomic E-state index is 0.177. The van der Waals surface area contributed by atoms with Crippen molar-refractivity contribution in [2.45, 2.75) is 25.7 Å². The molecule has 96 valence electrons. The number of nitrogens with one attached hydrogen (secondary N) is 1. The van der Waals surface area contributed by atoms with Crippen LogP contribution in [-0.2, 0) is 11.2 Å². The van der Waals surface area contributed by atoms with Crippen LogP contribution in [0.25, 0.3) is 0 Å². The van der Waals surface area contributed by atoms with Crippen molar-refractivity contribution in [3.8, 4) is 0 Å². The summed E-state index contributed by atoms with van der Waals surface area (Å²) in [6.07, 6.45) is 4.38. The highest BCUT2D eigenvalue weighted by Crippen LogP contribution is 2.28. The number of amides is 1. The Bertz CT molecular complexity index is 438. The van der Waals surface area contributed by atoms with Crippen molar-refractivity contribution in [3.63, 3.8) is 0 Å². The highest BCUT2D eigenvalue weighted by atomic mass is 16.2. The molecule has 0 radical (unpaired) electrons. The molecule has 3 heteroatoms. The molecule has 18 heavy (non-hydrogen) atoms. The maximum Gasteiger partial charge on any atom is 0.231 e. The van der Waals surface area contributed by atoms with E-state index in [9.17, 15) is 4.79 Å². The number of carbonyl (C=O) groups is 1. The van der Waals surface area contributed by atoms with Gasteiger partial charge in [-0.15, -0.1) is 0 Å². The van der Waals surface area contributed by atoms with Crippen molar-refractivity contribution in [1.82, 2.24) is 5.32 Å². The maximum absolute atomic E-state index is 12.6. The van der Waals surface area contributed by atoms with E-state index in [1.807, 2.05) is 11.0 Å². The van der Waals surface area contributed by atoms with Crippen LogP contribution in [0.15, 0.2) is 24.3 Å². The SMILES string of the molecule is O=C(C1CCNC1)N1CCCCc2ccccc21. The molecule has 0 aliphatic carbocycles. The van der Waals surface area contributed by atoms with Gasteiger partial charge < -0.3 is 10.2 Å². The van der Waals surface area contributed by atoms with E-state index in [0.717, 1.165) is 44.6 Å². The molecule has 0 bridgehead atoms. The Morgan fingerprint density at radius 2 is 2.17 bits per heavy atom. The lowest BCUT2D eigenvalue weighted by Crippen LogP contribution is -2.37. The van der Waals surface area contributed by atoms with Crippen LogP contribution in [0, 0.1) is 5.92 Å². The fourth-order valence-corrected chi connectivity index (χ4v) is 3.01. The summed E-state index contributed by atoms with van der Waals surface area (Å²) in [5, 5.41) is 3.28. The van der Waals surface area contributed by atoms with Crippen LogP contribution in [0.2, 0.25) is 0 Å². The minimum atomic E-state index is 0.177. The molecule has 1 unspecified atom stereocenters. The lowest BCUT2D eigenvalue weighted by Gasteiger charge is -2.25. The predicted molar refractivity (Wildman–Crippen MR) is 72.7 cm³/mol. The number of para-hydroxylation sites is 1. The van der Waals surface area contributed by atoms with Gasteiger partial charge in [0.05, 0.1) is 5.92 Å². The third kappa shape index (κ3) is 2.15. The fraction of sp³-hybridized carbons (Fsp3) is 0.533. The molecule has 3 nitrogen and oxygen atoms in total. The maximum atomic E-state index is 12.6. The number of aryl methyl sites for hydroxylation is 1. The second-order valence-corrected chi connectivity index (χ2v) is 5.27. The van der Waals surface area contributed by atoms with Gasteiger partial charge in [0.15, 0.2) is 0 Å². The molecule has 1 amide bonds. The molecule has 2 aliphatic rings. The Hall–Kier alpha value is -1.35. The number of hydrogen-bond acceptors (Lipinski definition) is 2. The minimum Gasteiger partial charge on any atom is -0.316 e. The van der Waals surface area contributed by atoms with Crippen molar-refractivity contribution in [2.75, 3.05) is 24.5 Å². The summed E-state index contributed by atoms with van der Waals surface area (Å²) in [5.74, 6) is 0.491. The Kier molecular flexibility index (Phi) is 3.33. The second kappa shape index (κ2) is 5.11. The molecule has 0 saturated carbocycles. The highest BCUT2D eigenvalue weighted by molar-refractivity contribution is 5.96. The van der Waals surface area contributed by atoms with Gasteiger partial charge >= 0.3 is 0 Å². The van der Waals surface area contributed by atoms with Gasteiger partial charge in [-0.25, -0.2) is 0 Å². The molecule has 1 aromatic rings. The molecule has 1 N–H and O–H groups in total. The summed E-state index contributed by atoms with van der Waals surface area (Å²) in [4.78, 5) is 14.6. The zero-order valence-corrected chi connectivity index (χ0v) is 10.7. The third-order valence-corrected chi connectivity index (χ3v) is 4.04. The third-order valence-electron chi connectivity index (χ3n) is 4.04. The first-order valence-electron chi connectivity index (χ1n) is 6.96. The largest absolute Gasteiger partial charge is 0.316 e. The topological polar surface area (TPSA) is 32.3 Å². The average molecular weight is 244 g/mol. The quantitative estimate of drug-likeness (QED) is 0.819. The van der Waals surface area contributed by atoms with Crippen molar-refractivity contribution in [1.29, 1.82) is 0 Å².